The summed E-state index contributed by atoms with van der Waals surface area (Å²) in [6.45, 7) is 2.48. The molecular formula is C19H20N2O3S. The summed E-state index contributed by atoms with van der Waals surface area (Å²) in [6.07, 6.45) is 2.15. The lowest BCUT2D eigenvalue weighted by Crippen LogP contribution is -2.34. The summed E-state index contributed by atoms with van der Waals surface area (Å²) in [5.41, 5.74) is 1.41. The highest BCUT2D eigenvalue weighted by molar-refractivity contribution is 7.98. The van der Waals surface area contributed by atoms with E-state index in [-0.39, 0.29) is 18.2 Å². The van der Waals surface area contributed by atoms with Crippen molar-refractivity contribution in [3.05, 3.63) is 48.5 Å². The van der Waals surface area contributed by atoms with Crippen LogP contribution in [0.3, 0.4) is 0 Å². The first-order valence-electron chi connectivity index (χ1n) is 8.12. The Morgan fingerprint density at radius 1 is 1.20 bits per heavy atom. The molecule has 0 radical (unpaired) electrons. The van der Waals surface area contributed by atoms with Crippen LogP contribution in [0.4, 0.5) is 11.4 Å². The van der Waals surface area contributed by atoms with Gasteiger partial charge >= 0.3 is 0 Å². The molecule has 1 aliphatic rings. The summed E-state index contributed by atoms with van der Waals surface area (Å²) in [5.74, 6) is 0.283. The summed E-state index contributed by atoms with van der Waals surface area (Å²) in [4.78, 5) is 27.4. The van der Waals surface area contributed by atoms with Gasteiger partial charge in [0, 0.05) is 10.6 Å². The molecule has 2 amide bonds. The van der Waals surface area contributed by atoms with E-state index >= 15 is 0 Å². The predicted octanol–water partition coefficient (Wildman–Crippen LogP) is 3.55. The number of hydrogen-bond donors (Lipinski definition) is 1. The van der Waals surface area contributed by atoms with Gasteiger partial charge in [0.1, 0.15) is 11.8 Å². The Morgan fingerprint density at radius 2 is 1.96 bits per heavy atom. The molecule has 0 spiro atoms. The number of rotatable bonds is 6. The fraction of sp³-hybridized carbons (Fsp3) is 0.263. The van der Waals surface area contributed by atoms with Crippen molar-refractivity contribution in [2.75, 3.05) is 23.1 Å². The van der Waals surface area contributed by atoms with Crippen molar-refractivity contribution < 1.29 is 14.3 Å². The molecule has 0 aromatic heterocycles. The van der Waals surface area contributed by atoms with Crippen LogP contribution in [0.25, 0.3) is 0 Å². The van der Waals surface area contributed by atoms with Crippen LogP contribution in [0.5, 0.6) is 5.75 Å². The minimum Gasteiger partial charge on any atom is -0.494 e. The van der Waals surface area contributed by atoms with E-state index in [0.29, 0.717) is 18.0 Å². The number of nitrogens with zero attached hydrogens (tertiary/aromatic N) is 1. The SMILES string of the molecule is CCOc1ccc(N2C(=O)C[C@H](Nc3cccc(SC)c3)C2=O)cc1. The molecular weight excluding hydrogens is 336 g/mol. The van der Waals surface area contributed by atoms with Gasteiger partial charge in [0.05, 0.1) is 18.7 Å². The molecule has 1 saturated heterocycles. The van der Waals surface area contributed by atoms with Crippen LogP contribution >= 0.6 is 11.8 Å². The van der Waals surface area contributed by atoms with Gasteiger partial charge in [-0.05, 0) is 55.6 Å². The number of amides is 2. The van der Waals surface area contributed by atoms with E-state index in [1.165, 1.54) is 4.90 Å². The molecule has 2 aromatic rings. The second-order valence-electron chi connectivity index (χ2n) is 5.63. The van der Waals surface area contributed by atoms with Gasteiger partial charge in [-0.15, -0.1) is 11.8 Å². The molecule has 25 heavy (non-hydrogen) atoms. The maximum Gasteiger partial charge on any atom is 0.256 e. The minimum atomic E-state index is -0.545. The number of ether oxygens (including phenoxy) is 1. The van der Waals surface area contributed by atoms with E-state index in [2.05, 4.69) is 5.32 Å². The first kappa shape index (κ1) is 17.4. The molecule has 3 rings (SSSR count). The summed E-state index contributed by atoms with van der Waals surface area (Å²) in [5, 5.41) is 3.18. The molecule has 1 N–H and O–H groups in total. The zero-order valence-electron chi connectivity index (χ0n) is 14.2. The quantitative estimate of drug-likeness (QED) is 0.634. The van der Waals surface area contributed by atoms with Gasteiger partial charge in [0.15, 0.2) is 0 Å². The topological polar surface area (TPSA) is 58.6 Å². The summed E-state index contributed by atoms with van der Waals surface area (Å²) >= 11 is 1.63. The average molecular weight is 356 g/mol. The Labute approximate surface area is 151 Å². The molecule has 1 atom stereocenters. The summed E-state index contributed by atoms with van der Waals surface area (Å²) in [7, 11) is 0. The van der Waals surface area contributed by atoms with Crippen molar-refractivity contribution in [1.29, 1.82) is 0 Å². The minimum absolute atomic E-state index is 0.148. The third kappa shape index (κ3) is 3.79. The van der Waals surface area contributed by atoms with Gasteiger partial charge in [0.25, 0.3) is 5.91 Å². The average Bonchev–Trinajstić information content (AvgIpc) is 2.90. The lowest BCUT2D eigenvalue weighted by atomic mass is 10.2. The molecule has 5 nitrogen and oxygen atoms in total. The fourth-order valence-corrected chi connectivity index (χ4v) is 3.25. The molecule has 0 bridgehead atoms. The number of nitrogens with one attached hydrogen (secondary N) is 1. The Hall–Kier alpha value is -2.47. The number of thioether (sulfide) groups is 1. The molecule has 1 fully saturated rings. The molecule has 1 heterocycles. The van der Waals surface area contributed by atoms with Crippen LogP contribution in [0.15, 0.2) is 53.4 Å². The molecule has 0 aliphatic carbocycles. The molecule has 1 aliphatic heterocycles. The number of imide groups is 1. The number of carbonyl (C=O) groups is 2. The van der Waals surface area contributed by atoms with E-state index in [1.54, 1.807) is 36.0 Å². The predicted molar refractivity (Wildman–Crippen MR) is 100 cm³/mol. The van der Waals surface area contributed by atoms with Gasteiger partial charge < -0.3 is 10.1 Å². The number of benzene rings is 2. The van der Waals surface area contributed by atoms with Crippen LogP contribution in [-0.4, -0.2) is 30.7 Å². The maximum atomic E-state index is 12.7. The van der Waals surface area contributed by atoms with E-state index in [1.807, 2.05) is 37.4 Å². The van der Waals surface area contributed by atoms with Crippen LogP contribution in [0.1, 0.15) is 13.3 Å². The van der Waals surface area contributed by atoms with Crippen molar-refractivity contribution in [2.45, 2.75) is 24.3 Å². The Balaban J connectivity index is 1.75. The van der Waals surface area contributed by atoms with Crippen LogP contribution in [0, 0.1) is 0 Å². The van der Waals surface area contributed by atoms with Crippen molar-refractivity contribution in [3.8, 4) is 5.75 Å². The summed E-state index contributed by atoms with van der Waals surface area (Å²) < 4.78 is 5.40. The molecule has 130 valence electrons. The maximum absolute atomic E-state index is 12.7. The number of anilines is 2. The highest BCUT2D eigenvalue weighted by Crippen LogP contribution is 2.27. The Morgan fingerprint density at radius 3 is 2.64 bits per heavy atom. The van der Waals surface area contributed by atoms with Gasteiger partial charge in [0.2, 0.25) is 5.91 Å². The molecule has 0 unspecified atom stereocenters. The fourth-order valence-electron chi connectivity index (χ4n) is 2.79. The number of carbonyl (C=O) groups excluding carboxylic acids is 2. The van der Waals surface area contributed by atoms with Crippen molar-refractivity contribution in [2.24, 2.45) is 0 Å². The first-order chi connectivity index (χ1) is 12.1. The zero-order valence-corrected chi connectivity index (χ0v) is 15.0. The molecule has 0 saturated carbocycles. The standard InChI is InChI=1S/C19H20N2O3S/c1-3-24-15-9-7-14(8-10-15)21-18(22)12-17(19(21)23)20-13-5-4-6-16(11-13)25-2/h4-11,17,20H,3,12H2,1-2H3/t17-/m0/s1. The third-order valence-electron chi connectivity index (χ3n) is 3.96. The second-order valence-corrected chi connectivity index (χ2v) is 6.51. The normalized spacial score (nSPS) is 17.0. The van der Waals surface area contributed by atoms with Gasteiger partial charge in [-0.1, -0.05) is 6.07 Å². The third-order valence-corrected chi connectivity index (χ3v) is 4.69. The van der Waals surface area contributed by atoms with Gasteiger partial charge in [-0.25, -0.2) is 4.90 Å². The van der Waals surface area contributed by atoms with Gasteiger partial charge in [-0.2, -0.15) is 0 Å². The lowest BCUT2D eigenvalue weighted by molar-refractivity contribution is -0.121. The van der Waals surface area contributed by atoms with E-state index in [9.17, 15) is 9.59 Å². The van der Waals surface area contributed by atoms with Gasteiger partial charge in [-0.3, -0.25) is 9.59 Å². The van der Waals surface area contributed by atoms with Crippen molar-refractivity contribution >= 4 is 35.0 Å². The largest absolute Gasteiger partial charge is 0.494 e. The van der Waals surface area contributed by atoms with E-state index < -0.39 is 6.04 Å². The molecule has 6 heteroatoms. The van der Waals surface area contributed by atoms with E-state index in [0.717, 1.165) is 10.6 Å². The lowest BCUT2D eigenvalue weighted by Gasteiger charge is -2.17. The van der Waals surface area contributed by atoms with Crippen LogP contribution in [0.2, 0.25) is 0 Å². The smallest absolute Gasteiger partial charge is 0.256 e. The summed E-state index contributed by atoms with van der Waals surface area (Å²) in [6, 6.07) is 14.3. The molecule has 2 aromatic carbocycles. The number of hydrogen-bond acceptors (Lipinski definition) is 5. The zero-order chi connectivity index (χ0) is 17.8. The van der Waals surface area contributed by atoms with E-state index in [4.69, 9.17) is 4.74 Å². The van der Waals surface area contributed by atoms with Crippen LogP contribution < -0.4 is 15.0 Å². The van der Waals surface area contributed by atoms with Crippen LogP contribution in [-0.2, 0) is 9.59 Å². The second kappa shape index (κ2) is 7.61. The van der Waals surface area contributed by atoms with Crippen molar-refractivity contribution in [1.82, 2.24) is 0 Å². The van der Waals surface area contributed by atoms with Crippen molar-refractivity contribution in [3.63, 3.8) is 0 Å². The Kier molecular flexibility index (Phi) is 5.28. The Bertz CT molecular complexity index is 776. The highest BCUT2D eigenvalue weighted by Gasteiger charge is 2.39. The monoisotopic (exact) mass is 356 g/mol. The first-order valence-corrected chi connectivity index (χ1v) is 9.35. The highest BCUT2D eigenvalue weighted by atomic mass is 32.2.